The molecule has 4 N–H and O–H groups in total. The Labute approximate surface area is 244 Å². The van der Waals surface area contributed by atoms with Crippen molar-refractivity contribution >= 4 is 5.97 Å². The van der Waals surface area contributed by atoms with E-state index < -0.39 is 36.5 Å². The molecule has 0 bridgehead atoms. The fourth-order valence-electron chi connectivity index (χ4n) is 4.79. The average Bonchev–Trinajstić information content (AvgIpc) is 2.85. The molecule has 0 spiro atoms. The number of allylic oxidation sites excluding steroid dienone is 4. The van der Waals surface area contributed by atoms with Crippen LogP contribution in [0.5, 0.6) is 0 Å². The Morgan fingerprint density at radius 2 is 1.74 bits per heavy atom. The number of aliphatic hydroxyl groups excluding tert-OH is 4. The molecule has 0 aliphatic carbocycles. The first-order valence-electron chi connectivity index (χ1n) is 13.5. The second-order valence-electron chi connectivity index (χ2n) is 10.7. The normalized spacial score (nSPS) is 38.2. The molecule has 216 valence electrons. The maximum absolute atomic E-state index is 12.5. The van der Waals surface area contributed by atoms with Gasteiger partial charge in [0.1, 0.15) is 6.10 Å². The van der Waals surface area contributed by atoms with E-state index in [4.69, 9.17) is 4.74 Å². The summed E-state index contributed by atoms with van der Waals surface area (Å²) in [5.74, 6) is -0.754. The van der Waals surface area contributed by atoms with Gasteiger partial charge < -0.3 is 25.2 Å². The van der Waals surface area contributed by atoms with Crippen molar-refractivity contribution in [3.8, 4) is 0 Å². The van der Waals surface area contributed by atoms with Gasteiger partial charge in [0.25, 0.3) is 0 Å². The Balaban J connectivity index is 0.0000137. The SMILES string of the molecule is C=C/C=C\[C@H](C)C1OC(=O)/C=C\C=C\[CH-][C@@H](O)C[C@H](O)/C=C\[C@H](C)[C@H](O)[C@@H](C)CC(C)CC[C@@H](O)[C@@H]1C.[W]. The van der Waals surface area contributed by atoms with Crippen LogP contribution in [-0.2, 0) is 30.6 Å². The van der Waals surface area contributed by atoms with Crippen LogP contribution < -0.4 is 0 Å². The molecule has 6 nitrogen and oxygen atoms in total. The molecule has 0 fully saturated rings. The Bertz CT molecular complexity index is 791. The molecule has 0 radical (unpaired) electrons. The van der Waals surface area contributed by atoms with Gasteiger partial charge in [-0.3, -0.25) is 0 Å². The first kappa shape index (κ1) is 36.6. The van der Waals surface area contributed by atoms with E-state index >= 15 is 0 Å². The maximum atomic E-state index is 12.5. The number of ether oxygens (including phenoxy) is 1. The Kier molecular flexibility index (Phi) is 18.9. The standard InChI is InChI=1S/C31H49O6.W/c1-7-8-12-23(4)31-25(6)28(34)18-15-21(2)19-24(5)30(36)22(3)16-17-27(33)20-26(32)13-10-9-11-14-29(35)37-31;/h7-14,16-17,21-28,30-34,36H,1,15,18-20H2,2-6H3;/q-1;/b10-9+,12-8-,14-11-,17-16-;/t21?,22-,23-,24-,25-,26+,27+,28+,30-,31?;/m0./s1. The molecular formula is C31H49O6W-. The van der Waals surface area contributed by atoms with Crippen LogP contribution in [0, 0.1) is 36.0 Å². The van der Waals surface area contributed by atoms with E-state index in [2.05, 4.69) is 13.5 Å². The second-order valence-corrected chi connectivity index (χ2v) is 10.7. The number of aliphatic hydroxyl groups is 4. The smallest absolute Gasteiger partial charge is 0.329 e. The zero-order chi connectivity index (χ0) is 28.0. The van der Waals surface area contributed by atoms with Gasteiger partial charge in [-0.25, -0.2) is 23.4 Å². The summed E-state index contributed by atoms with van der Waals surface area (Å²) in [6, 6.07) is 0. The number of carbonyl (C=O) groups excluding carboxylic acids is 1. The third-order valence-corrected chi connectivity index (χ3v) is 7.21. The Morgan fingerprint density at radius 3 is 2.39 bits per heavy atom. The molecule has 38 heavy (non-hydrogen) atoms. The van der Waals surface area contributed by atoms with E-state index in [9.17, 15) is 25.2 Å². The molecule has 2 unspecified atom stereocenters. The third kappa shape index (κ3) is 14.1. The quantitative estimate of drug-likeness (QED) is 0.147. The summed E-state index contributed by atoms with van der Waals surface area (Å²) >= 11 is 0. The molecule has 0 aromatic carbocycles. The molecule has 7 heteroatoms. The Morgan fingerprint density at radius 1 is 1.05 bits per heavy atom. The van der Waals surface area contributed by atoms with Crippen LogP contribution in [-0.4, -0.2) is 56.9 Å². The summed E-state index contributed by atoms with van der Waals surface area (Å²) in [4.78, 5) is 12.5. The molecule has 0 saturated carbocycles. The number of rotatable bonds is 3. The van der Waals surface area contributed by atoms with Gasteiger partial charge in [-0.15, -0.1) is 6.08 Å². The van der Waals surface area contributed by atoms with Gasteiger partial charge in [0.2, 0.25) is 0 Å². The van der Waals surface area contributed by atoms with Gasteiger partial charge >= 0.3 is 5.97 Å². The first-order valence-corrected chi connectivity index (χ1v) is 13.5. The van der Waals surface area contributed by atoms with Crippen molar-refractivity contribution in [3.63, 3.8) is 0 Å². The molecule has 1 aliphatic heterocycles. The average molecular weight is 702 g/mol. The van der Waals surface area contributed by atoms with Gasteiger partial charge in [-0.1, -0.05) is 71.6 Å². The van der Waals surface area contributed by atoms with Crippen LogP contribution in [0.25, 0.3) is 0 Å². The monoisotopic (exact) mass is 701 g/mol. The van der Waals surface area contributed by atoms with E-state index in [1.807, 2.05) is 33.8 Å². The predicted molar refractivity (Wildman–Crippen MR) is 149 cm³/mol. The summed E-state index contributed by atoms with van der Waals surface area (Å²) in [5, 5.41) is 42.2. The number of hydrogen-bond donors (Lipinski definition) is 4. The summed E-state index contributed by atoms with van der Waals surface area (Å²) < 4.78 is 5.77. The van der Waals surface area contributed by atoms with Crippen LogP contribution in [0.15, 0.2) is 61.3 Å². The first-order chi connectivity index (χ1) is 17.5. The van der Waals surface area contributed by atoms with Gasteiger partial charge in [0.15, 0.2) is 0 Å². The molecule has 1 heterocycles. The minimum absolute atomic E-state index is 0. The third-order valence-electron chi connectivity index (χ3n) is 7.21. The van der Waals surface area contributed by atoms with Crippen molar-refractivity contribution < 1.29 is 51.0 Å². The molecule has 0 aromatic heterocycles. The van der Waals surface area contributed by atoms with Crippen LogP contribution in [0.4, 0.5) is 0 Å². The van der Waals surface area contributed by atoms with Crippen molar-refractivity contribution in [2.75, 3.05) is 0 Å². The van der Waals surface area contributed by atoms with Gasteiger partial charge in [0, 0.05) is 51.0 Å². The summed E-state index contributed by atoms with van der Waals surface area (Å²) in [6.45, 7) is 13.6. The van der Waals surface area contributed by atoms with Crippen molar-refractivity contribution in [2.24, 2.45) is 29.6 Å². The molecule has 0 aromatic rings. The Hall–Kier alpha value is -1.43. The van der Waals surface area contributed by atoms with Crippen molar-refractivity contribution in [2.45, 2.75) is 90.8 Å². The number of esters is 1. The number of carbonyl (C=O) groups is 1. The second kappa shape index (κ2) is 19.6. The van der Waals surface area contributed by atoms with Gasteiger partial charge in [-0.05, 0) is 37.5 Å². The van der Waals surface area contributed by atoms with Gasteiger partial charge in [0.05, 0.1) is 18.3 Å². The van der Waals surface area contributed by atoms with Crippen molar-refractivity contribution in [1.82, 2.24) is 0 Å². The molecule has 1 aliphatic rings. The minimum atomic E-state index is -0.863. The predicted octanol–water partition coefficient (Wildman–Crippen LogP) is 4.71. The molecule has 10 atom stereocenters. The maximum Gasteiger partial charge on any atom is 0.329 e. The van der Waals surface area contributed by atoms with E-state index in [0.717, 1.165) is 12.8 Å². The summed E-state index contributed by atoms with van der Waals surface area (Å²) in [5.41, 5.74) is 0. The molecule has 0 amide bonds. The summed E-state index contributed by atoms with van der Waals surface area (Å²) in [6.07, 6.45) is 15.2. The van der Waals surface area contributed by atoms with E-state index in [0.29, 0.717) is 6.42 Å². The molecular weight excluding hydrogens is 652 g/mol. The topological polar surface area (TPSA) is 107 Å². The van der Waals surface area contributed by atoms with E-state index in [1.54, 1.807) is 36.5 Å². The zero-order valence-electron chi connectivity index (χ0n) is 23.6. The fourth-order valence-corrected chi connectivity index (χ4v) is 4.79. The van der Waals surface area contributed by atoms with Crippen molar-refractivity contribution in [3.05, 3.63) is 67.7 Å². The van der Waals surface area contributed by atoms with Crippen LogP contribution in [0.1, 0.15) is 60.3 Å². The van der Waals surface area contributed by atoms with Crippen LogP contribution in [0.3, 0.4) is 0 Å². The van der Waals surface area contributed by atoms with Gasteiger partial charge in [-0.2, -0.15) is 0 Å². The largest absolute Gasteiger partial charge is 0.458 e. The van der Waals surface area contributed by atoms with E-state index in [-0.39, 0.29) is 57.1 Å². The molecule has 0 saturated heterocycles. The molecule has 1 rings (SSSR count). The number of hydrogen-bond acceptors (Lipinski definition) is 6. The number of cyclic esters (lactones) is 1. The zero-order valence-corrected chi connectivity index (χ0v) is 26.5. The van der Waals surface area contributed by atoms with Crippen LogP contribution >= 0.6 is 0 Å². The van der Waals surface area contributed by atoms with E-state index in [1.165, 1.54) is 18.6 Å². The van der Waals surface area contributed by atoms with Crippen molar-refractivity contribution in [1.29, 1.82) is 0 Å². The minimum Gasteiger partial charge on any atom is -0.458 e. The van der Waals surface area contributed by atoms with Crippen LogP contribution in [0.2, 0.25) is 0 Å². The fraction of sp³-hybridized carbons (Fsp3) is 0.613. The summed E-state index contributed by atoms with van der Waals surface area (Å²) in [7, 11) is 0.